The largest absolute Gasteiger partial charge is 0.469 e. The van der Waals surface area contributed by atoms with Gasteiger partial charge >= 0.3 is 0 Å². The van der Waals surface area contributed by atoms with Crippen molar-refractivity contribution in [1.29, 1.82) is 0 Å². The maximum atomic E-state index is 6.17. The average Bonchev–Trinajstić information content (AvgIpc) is 2.69. The number of benzene rings is 3. The summed E-state index contributed by atoms with van der Waals surface area (Å²) in [5.41, 5.74) is 2.32. The first-order chi connectivity index (χ1) is 12.3. The van der Waals surface area contributed by atoms with Crippen LogP contribution in [0.25, 0.3) is 10.8 Å². The van der Waals surface area contributed by atoms with Crippen LogP contribution in [0.2, 0.25) is 0 Å². The Kier molecular flexibility index (Phi) is 4.40. The van der Waals surface area contributed by atoms with Gasteiger partial charge in [0.1, 0.15) is 5.75 Å². The zero-order chi connectivity index (χ0) is 17.2. The number of ether oxygens (including phenoxy) is 3. The number of nitrogens with one attached hydrogen (secondary N) is 1. The molecule has 0 bridgehead atoms. The van der Waals surface area contributed by atoms with E-state index < -0.39 is 12.5 Å². The summed E-state index contributed by atoms with van der Waals surface area (Å²) in [6.07, 6.45) is -0.889. The van der Waals surface area contributed by atoms with Gasteiger partial charge in [0, 0.05) is 19.8 Å². The van der Waals surface area contributed by atoms with E-state index in [2.05, 4.69) is 59.9 Å². The third-order valence-electron chi connectivity index (χ3n) is 4.65. The zero-order valence-electron chi connectivity index (χ0n) is 14.3. The van der Waals surface area contributed by atoms with Gasteiger partial charge < -0.3 is 14.2 Å². The summed E-state index contributed by atoms with van der Waals surface area (Å²) in [6.45, 7) is 0. The molecule has 0 spiro atoms. The first-order valence-electron chi connectivity index (χ1n) is 8.36. The second-order valence-electron chi connectivity index (χ2n) is 6.09. The molecule has 0 fully saturated rings. The lowest BCUT2D eigenvalue weighted by Crippen LogP contribution is -2.50. The van der Waals surface area contributed by atoms with Crippen molar-refractivity contribution in [3.63, 3.8) is 0 Å². The van der Waals surface area contributed by atoms with E-state index in [1.165, 1.54) is 16.3 Å². The Hall–Kier alpha value is -2.40. The van der Waals surface area contributed by atoms with Crippen LogP contribution in [0.1, 0.15) is 17.2 Å². The predicted octanol–water partition coefficient (Wildman–Crippen LogP) is 3.86. The SMILES string of the molecule is COC(OC)C1NC(c2ccccc2)c2c(ccc3ccccc23)O1. The van der Waals surface area contributed by atoms with Gasteiger partial charge in [0.15, 0.2) is 0 Å². The van der Waals surface area contributed by atoms with E-state index in [-0.39, 0.29) is 6.04 Å². The van der Waals surface area contributed by atoms with Gasteiger partial charge in [-0.15, -0.1) is 0 Å². The van der Waals surface area contributed by atoms with E-state index in [1.807, 2.05) is 12.1 Å². The Bertz CT molecular complexity index is 861. The number of hydrogen-bond donors (Lipinski definition) is 1. The second kappa shape index (κ2) is 6.84. The van der Waals surface area contributed by atoms with Crippen LogP contribution in [-0.2, 0) is 9.47 Å². The maximum Gasteiger partial charge on any atom is 0.208 e. The Morgan fingerprint density at radius 3 is 2.36 bits per heavy atom. The quantitative estimate of drug-likeness (QED) is 0.735. The zero-order valence-corrected chi connectivity index (χ0v) is 14.3. The van der Waals surface area contributed by atoms with Crippen LogP contribution in [0, 0.1) is 0 Å². The molecule has 3 aromatic carbocycles. The van der Waals surface area contributed by atoms with Crippen LogP contribution in [-0.4, -0.2) is 26.7 Å². The van der Waals surface area contributed by atoms with E-state index in [1.54, 1.807) is 14.2 Å². The lowest BCUT2D eigenvalue weighted by Gasteiger charge is -2.37. The average molecular weight is 335 g/mol. The van der Waals surface area contributed by atoms with Gasteiger partial charge in [0.2, 0.25) is 12.5 Å². The van der Waals surface area contributed by atoms with Crippen LogP contribution in [0.15, 0.2) is 66.7 Å². The summed E-state index contributed by atoms with van der Waals surface area (Å²) < 4.78 is 17.0. The lowest BCUT2D eigenvalue weighted by atomic mass is 9.91. The molecule has 0 amide bonds. The molecule has 2 atom stereocenters. The molecule has 0 saturated carbocycles. The summed E-state index contributed by atoms with van der Waals surface area (Å²) >= 11 is 0. The molecule has 0 radical (unpaired) electrons. The fourth-order valence-corrected chi connectivity index (χ4v) is 3.48. The predicted molar refractivity (Wildman–Crippen MR) is 97.6 cm³/mol. The molecule has 4 nitrogen and oxygen atoms in total. The van der Waals surface area contributed by atoms with Gasteiger partial charge in [-0.3, -0.25) is 5.32 Å². The van der Waals surface area contributed by atoms with Crippen LogP contribution in [0.5, 0.6) is 5.75 Å². The van der Waals surface area contributed by atoms with E-state index in [0.717, 1.165) is 11.3 Å². The molecular weight excluding hydrogens is 314 g/mol. The Morgan fingerprint density at radius 2 is 1.60 bits per heavy atom. The molecular formula is C21H21NO3. The van der Waals surface area contributed by atoms with Crippen molar-refractivity contribution in [2.24, 2.45) is 0 Å². The van der Waals surface area contributed by atoms with Crippen LogP contribution in [0.3, 0.4) is 0 Å². The standard InChI is InChI=1S/C21H21NO3/c1-23-21(24-2)20-22-19(15-9-4-3-5-10-15)18-16-11-7-6-8-14(16)12-13-17(18)25-20/h3-13,19-22H,1-2H3. The fraction of sp³-hybridized carbons (Fsp3) is 0.238. The molecule has 0 aliphatic carbocycles. The lowest BCUT2D eigenvalue weighted by molar-refractivity contribution is -0.169. The van der Waals surface area contributed by atoms with Gasteiger partial charge in [-0.25, -0.2) is 0 Å². The second-order valence-corrected chi connectivity index (χ2v) is 6.09. The smallest absolute Gasteiger partial charge is 0.208 e. The molecule has 4 heteroatoms. The van der Waals surface area contributed by atoms with Gasteiger partial charge in [-0.2, -0.15) is 0 Å². The molecule has 2 unspecified atom stereocenters. The number of methoxy groups -OCH3 is 2. The monoisotopic (exact) mass is 335 g/mol. The van der Waals surface area contributed by atoms with Crippen LogP contribution < -0.4 is 10.1 Å². The highest BCUT2D eigenvalue weighted by Crippen LogP contribution is 2.40. The van der Waals surface area contributed by atoms with E-state index in [9.17, 15) is 0 Å². The maximum absolute atomic E-state index is 6.17. The summed E-state index contributed by atoms with van der Waals surface area (Å²) in [5.74, 6) is 0.857. The van der Waals surface area contributed by atoms with Crippen molar-refractivity contribution >= 4 is 10.8 Å². The minimum absolute atomic E-state index is 0.00569. The van der Waals surface area contributed by atoms with Crippen LogP contribution in [0.4, 0.5) is 0 Å². The van der Waals surface area contributed by atoms with Gasteiger partial charge in [-0.1, -0.05) is 60.7 Å². The molecule has 0 saturated heterocycles. The van der Waals surface area contributed by atoms with Gasteiger partial charge in [0.25, 0.3) is 0 Å². The number of rotatable bonds is 4. The highest BCUT2D eigenvalue weighted by molar-refractivity contribution is 5.89. The summed E-state index contributed by atoms with van der Waals surface area (Å²) in [5, 5.41) is 5.93. The molecule has 4 rings (SSSR count). The van der Waals surface area contributed by atoms with Crippen molar-refractivity contribution in [1.82, 2.24) is 5.32 Å². The molecule has 1 aliphatic rings. The molecule has 1 N–H and O–H groups in total. The van der Waals surface area contributed by atoms with Crippen molar-refractivity contribution < 1.29 is 14.2 Å². The molecule has 128 valence electrons. The number of fused-ring (bicyclic) bond motifs is 3. The summed E-state index contributed by atoms with van der Waals surface area (Å²) in [6, 6.07) is 22.9. The molecule has 3 aromatic rings. The third kappa shape index (κ3) is 2.89. The summed E-state index contributed by atoms with van der Waals surface area (Å²) in [7, 11) is 3.24. The Morgan fingerprint density at radius 1 is 0.880 bits per heavy atom. The normalized spacial score (nSPS) is 19.6. The highest BCUT2D eigenvalue weighted by atomic mass is 16.7. The van der Waals surface area contributed by atoms with Crippen LogP contribution >= 0.6 is 0 Å². The molecule has 1 heterocycles. The minimum atomic E-state index is -0.495. The van der Waals surface area contributed by atoms with Crippen molar-refractivity contribution in [2.45, 2.75) is 18.6 Å². The van der Waals surface area contributed by atoms with Crippen molar-refractivity contribution in [2.75, 3.05) is 14.2 Å². The Balaban J connectivity index is 1.88. The molecule has 1 aliphatic heterocycles. The van der Waals surface area contributed by atoms with E-state index >= 15 is 0 Å². The van der Waals surface area contributed by atoms with E-state index in [0.29, 0.717) is 0 Å². The summed E-state index contributed by atoms with van der Waals surface area (Å²) in [4.78, 5) is 0. The number of hydrogen-bond acceptors (Lipinski definition) is 4. The van der Waals surface area contributed by atoms with Crippen molar-refractivity contribution in [3.8, 4) is 5.75 Å². The van der Waals surface area contributed by atoms with E-state index in [4.69, 9.17) is 14.2 Å². The first-order valence-corrected chi connectivity index (χ1v) is 8.36. The Labute approximate surface area is 147 Å². The minimum Gasteiger partial charge on any atom is -0.469 e. The van der Waals surface area contributed by atoms with Gasteiger partial charge in [-0.05, 0) is 22.4 Å². The highest BCUT2D eigenvalue weighted by Gasteiger charge is 2.34. The topological polar surface area (TPSA) is 39.7 Å². The first kappa shape index (κ1) is 16.1. The third-order valence-corrected chi connectivity index (χ3v) is 4.65. The fourth-order valence-electron chi connectivity index (χ4n) is 3.48. The van der Waals surface area contributed by atoms with Gasteiger partial charge in [0.05, 0.1) is 6.04 Å². The molecule has 0 aromatic heterocycles. The molecule has 25 heavy (non-hydrogen) atoms. The van der Waals surface area contributed by atoms with Crippen molar-refractivity contribution in [3.05, 3.63) is 77.9 Å².